The summed E-state index contributed by atoms with van der Waals surface area (Å²) in [5.74, 6) is -0.265. The molecule has 1 aliphatic rings. The Hall–Kier alpha value is -0.730. The monoisotopic (exact) mass is 445 g/mol. The molecule has 0 spiro atoms. The summed E-state index contributed by atoms with van der Waals surface area (Å²) in [6.45, 7) is 1.75. The van der Waals surface area contributed by atoms with Crippen LogP contribution in [0.3, 0.4) is 0 Å². The van der Waals surface area contributed by atoms with Crippen molar-refractivity contribution in [3.8, 4) is 0 Å². The molecule has 7 nitrogen and oxygen atoms in total. The minimum atomic E-state index is -1.47. The molecule has 184 valence electrons. The van der Waals surface area contributed by atoms with Gasteiger partial charge >= 0.3 is 0 Å². The molecule has 2 unspecified atom stereocenters. The zero-order valence-electron chi connectivity index (χ0n) is 19.5. The van der Waals surface area contributed by atoms with Gasteiger partial charge in [-0.15, -0.1) is 0 Å². The van der Waals surface area contributed by atoms with Crippen LogP contribution in [0.5, 0.6) is 0 Å². The molecule has 1 aliphatic heterocycles. The van der Waals surface area contributed by atoms with Crippen LogP contribution < -0.4 is 5.32 Å². The van der Waals surface area contributed by atoms with Crippen molar-refractivity contribution in [3.05, 3.63) is 0 Å². The molecule has 0 radical (unpaired) electrons. The lowest BCUT2D eigenvalue weighted by Crippen LogP contribution is -2.63. The first-order chi connectivity index (χ1) is 15.0. The van der Waals surface area contributed by atoms with Gasteiger partial charge in [-0.1, -0.05) is 96.8 Å². The highest BCUT2D eigenvalue weighted by atomic mass is 16.6. The van der Waals surface area contributed by atoms with Gasteiger partial charge < -0.3 is 30.5 Å². The number of nitrogens with one attached hydrogen (secondary N) is 1. The molecule has 1 amide bonds. The third kappa shape index (κ3) is 12.2. The van der Waals surface area contributed by atoms with Gasteiger partial charge in [0.15, 0.2) is 6.23 Å². The number of amides is 1. The number of carbonyl (C=O) groups excluding carboxylic acids is 1. The van der Waals surface area contributed by atoms with Crippen LogP contribution in [0.25, 0.3) is 0 Å². The van der Waals surface area contributed by atoms with Crippen LogP contribution in [0.1, 0.15) is 110 Å². The fourth-order valence-corrected chi connectivity index (χ4v) is 4.11. The van der Waals surface area contributed by atoms with E-state index in [0.717, 1.165) is 19.3 Å². The average molecular weight is 446 g/mol. The van der Waals surface area contributed by atoms with Crippen molar-refractivity contribution in [3.63, 3.8) is 0 Å². The second-order valence-corrected chi connectivity index (χ2v) is 9.02. The number of aliphatic hydroxyl groups excluding tert-OH is 4. The van der Waals surface area contributed by atoms with Crippen LogP contribution in [0, 0.1) is 0 Å². The molecular weight excluding hydrogens is 398 g/mol. The van der Waals surface area contributed by atoms with Crippen LogP contribution >= 0.6 is 0 Å². The van der Waals surface area contributed by atoms with Gasteiger partial charge in [-0.25, -0.2) is 0 Å². The van der Waals surface area contributed by atoms with E-state index in [1.54, 1.807) is 0 Å². The summed E-state index contributed by atoms with van der Waals surface area (Å²) < 4.78 is 5.29. The van der Waals surface area contributed by atoms with Gasteiger partial charge in [-0.05, 0) is 6.42 Å². The number of hydrogen-bond donors (Lipinski definition) is 5. The molecule has 0 saturated carbocycles. The molecule has 0 aromatic carbocycles. The average Bonchev–Trinajstić information content (AvgIpc) is 2.76. The van der Waals surface area contributed by atoms with Gasteiger partial charge in [0.2, 0.25) is 5.91 Å². The van der Waals surface area contributed by atoms with Crippen LogP contribution in [-0.2, 0) is 9.53 Å². The summed E-state index contributed by atoms with van der Waals surface area (Å²) in [5, 5.41) is 41.2. The number of aliphatic hydroxyl groups is 4. The van der Waals surface area contributed by atoms with Crippen molar-refractivity contribution in [2.75, 3.05) is 6.61 Å². The minimum absolute atomic E-state index is 0.265. The van der Waals surface area contributed by atoms with Crippen LogP contribution in [0.2, 0.25) is 0 Å². The minimum Gasteiger partial charge on any atom is -0.394 e. The molecule has 0 aromatic heterocycles. The molecule has 5 atom stereocenters. The molecule has 1 heterocycles. The maximum atomic E-state index is 12.1. The zero-order valence-corrected chi connectivity index (χ0v) is 19.5. The summed E-state index contributed by atoms with van der Waals surface area (Å²) >= 11 is 0. The number of ether oxygens (including phenoxy) is 1. The molecule has 7 heteroatoms. The standard InChI is InChI=1S/C24H47NO6/c1-2-3-4-5-6-7-8-9-10-11-12-13-14-15-16-17-20(27)25-24-23(30)22(29)21(28)19(18-26)31-24/h19,21-24,26,28-30H,2-18H2,1H3,(H,25,27)/t19?,21-,22+,23?,24-/m1/s1. The van der Waals surface area contributed by atoms with Crippen molar-refractivity contribution in [2.24, 2.45) is 0 Å². The Bertz CT molecular complexity index is 448. The van der Waals surface area contributed by atoms with Crippen LogP contribution in [0.15, 0.2) is 0 Å². The van der Waals surface area contributed by atoms with E-state index in [-0.39, 0.29) is 5.91 Å². The Labute approximate surface area is 188 Å². The predicted octanol–water partition coefficient (Wildman–Crippen LogP) is 3.16. The highest BCUT2D eigenvalue weighted by molar-refractivity contribution is 5.76. The topological polar surface area (TPSA) is 119 Å². The highest BCUT2D eigenvalue weighted by Gasteiger charge is 2.43. The normalized spacial score (nSPS) is 26.2. The number of rotatable bonds is 18. The second kappa shape index (κ2) is 17.8. The molecule has 31 heavy (non-hydrogen) atoms. The Kier molecular flexibility index (Phi) is 16.2. The van der Waals surface area contributed by atoms with Crippen molar-refractivity contribution >= 4 is 5.91 Å². The summed E-state index contributed by atoms with van der Waals surface area (Å²) in [4.78, 5) is 12.1. The Morgan fingerprint density at radius 1 is 0.710 bits per heavy atom. The van der Waals surface area contributed by atoms with Crippen LogP contribution in [-0.4, -0.2) is 63.6 Å². The largest absolute Gasteiger partial charge is 0.394 e. The lowest BCUT2D eigenvalue weighted by molar-refractivity contribution is -0.236. The maximum Gasteiger partial charge on any atom is 0.222 e. The van der Waals surface area contributed by atoms with E-state index < -0.39 is 37.3 Å². The summed E-state index contributed by atoms with van der Waals surface area (Å²) in [5.41, 5.74) is 0. The van der Waals surface area contributed by atoms with Crippen LogP contribution in [0.4, 0.5) is 0 Å². The van der Waals surface area contributed by atoms with E-state index in [0.29, 0.717) is 6.42 Å². The van der Waals surface area contributed by atoms with E-state index in [2.05, 4.69) is 12.2 Å². The van der Waals surface area contributed by atoms with E-state index in [9.17, 15) is 25.2 Å². The molecule has 1 fully saturated rings. The smallest absolute Gasteiger partial charge is 0.222 e. The Balaban J connectivity index is 1.95. The first kappa shape index (κ1) is 28.3. The first-order valence-corrected chi connectivity index (χ1v) is 12.6. The molecular formula is C24H47NO6. The lowest BCUT2D eigenvalue weighted by Gasteiger charge is -2.40. The molecule has 5 N–H and O–H groups in total. The fraction of sp³-hybridized carbons (Fsp3) is 0.958. The molecule has 1 saturated heterocycles. The molecule has 0 bridgehead atoms. The lowest BCUT2D eigenvalue weighted by atomic mass is 9.98. The van der Waals surface area contributed by atoms with Crippen molar-refractivity contribution < 1.29 is 30.0 Å². The van der Waals surface area contributed by atoms with Crippen molar-refractivity contribution in [2.45, 2.75) is 140 Å². The third-order valence-electron chi connectivity index (χ3n) is 6.20. The number of hydrogen-bond acceptors (Lipinski definition) is 6. The van der Waals surface area contributed by atoms with E-state index in [1.807, 2.05) is 0 Å². The van der Waals surface area contributed by atoms with Crippen molar-refractivity contribution in [1.82, 2.24) is 5.32 Å². The predicted molar refractivity (Wildman–Crippen MR) is 121 cm³/mol. The quantitative estimate of drug-likeness (QED) is 0.207. The van der Waals surface area contributed by atoms with Gasteiger partial charge in [-0.3, -0.25) is 4.79 Å². The SMILES string of the molecule is CCCCCCCCCCCCCCCCCC(=O)N[C@@H]1OC(CO)[C@@H](O)[C@H](O)C1O. The second-order valence-electron chi connectivity index (χ2n) is 9.02. The Morgan fingerprint density at radius 2 is 1.16 bits per heavy atom. The summed E-state index contributed by atoms with van der Waals surface area (Å²) in [6, 6.07) is 0. The van der Waals surface area contributed by atoms with E-state index in [4.69, 9.17) is 4.74 Å². The molecule has 1 rings (SSSR count). The first-order valence-electron chi connectivity index (χ1n) is 12.6. The molecule has 0 aliphatic carbocycles. The number of carbonyl (C=O) groups is 1. The van der Waals surface area contributed by atoms with Crippen molar-refractivity contribution in [1.29, 1.82) is 0 Å². The zero-order chi connectivity index (χ0) is 22.9. The van der Waals surface area contributed by atoms with E-state index in [1.165, 1.54) is 77.0 Å². The van der Waals surface area contributed by atoms with Gasteiger partial charge in [0.25, 0.3) is 0 Å². The molecule has 0 aromatic rings. The van der Waals surface area contributed by atoms with Gasteiger partial charge in [0.1, 0.15) is 24.4 Å². The Morgan fingerprint density at radius 3 is 1.61 bits per heavy atom. The maximum absolute atomic E-state index is 12.1. The third-order valence-corrected chi connectivity index (χ3v) is 6.20. The van der Waals surface area contributed by atoms with Gasteiger partial charge in [0, 0.05) is 6.42 Å². The highest BCUT2D eigenvalue weighted by Crippen LogP contribution is 2.20. The summed E-state index contributed by atoms with van der Waals surface area (Å²) in [6.07, 6.45) is 12.8. The summed E-state index contributed by atoms with van der Waals surface area (Å²) in [7, 11) is 0. The fourth-order valence-electron chi connectivity index (χ4n) is 4.11. The van der Waals surface area contributed by atoms with Gasteiger partial charge in [-0.2, -0.15) is 0 Å². The van der Waals surface area contributed by atoms with Gasteiger partial charge in [0.05, 0.1) is 6.61 Å². The number of unbranched alkanes of at least 4 members (excludes halogenated alkanes) is 14. The van der Waals surface area contributed by atoms with E-state index >= 15 is 0 Å².